The molecule has 4 aliphatic rings. The summed E-state index contributed by atoms with van der Waals surface area (Å²) in [6, 6.07) is 32.9. The Hall–Kier alpha value is -6.02. The lowest BCUT2D eigenvalue weighted by atomic mass is 10.1. The van der Waals surface area contributed by atoms with Crippen LogP contribution in [0.4, 0.5) is 0 Å². The number of rotatable bonds is 6. The zero-order chi connectivity index (χ0) is 40.7. The molecule has 10 rings (SSSR count). The van der Waals surface area contributed by atoms with Gasteiger partial charge in [0.15, 0.2) is 0 Å². The molecule has 2 aromatic heterocycles. The van der Waals surface area contributed by atoms with Gasteiger partial charge in [-0.3, -0.25) is 14.6 Å². The van der Waals surface area contributed by atoms with Gasteiger partial charge in [0.2, 0.25) is 23.4 Å². The summed E-state index contributed by atoms with van der Waals surface area (Å²) in [4.78, 5) is 39.2. The van der Waals surface area contributed by atoms with Gasteiger partial charge in [0.1, 0.15) is 0 Å². The van der Waals surface area contributed by atoms with Crippen LogP contribution in [-0.4, -0.2) is 116 Å². The van der Waals surface area contributed by atoms with Crippen LogP contribution in [0.1, 0.15) is 54.8 Å². The minimum atomic E-state index is -0.975. The zero-order valence-corrected chi connectivity index (χ0v) is 33.6. The first-order chi connectivity index (χ1) is 28.8. The highest BCUT2D eigenvalue weighted by Crippen LogP contribution is 2.28. The van der Waals surface area contributed by atoms with E-state index < -0.39 is 5.97 Å². The van der Waals surface area contributed by atoms with Gasteiger partial charge in [-0.25, -0.2) is 4.79 Å². The van der Waals surface area contributed by atoms with Crippen molar-refractivity contribution in [3.8, 4) is 22.8 Å². The Labute approximate surface area is 344 Å². The van der Waals surface area contributed by atoms with E-state index in [1.807, 2.05) is 29.2 Å². The average molecular weight is 795 g/mol. The molecule has 0 bridgehead atoms. The van der Waals surface area contributed by atoms with Gasteiger partial charge in [-0.1, -0.05) is 83.1 Å². The van der Waals surface area contributed by atoms with Gasteiger partial charge < -0.3 is 24.4 Å². The summed E-state index contributed by atoms with van der Waals surface area (Å²) in [6.45, 7) is 11.6. The van der Waals surface area contributed by atoms with Crippen LogP contribution in [0.3, 0.4) is 0 Å². The molecule has 1 amide bonds. The molecule has 6 aromatic rings. The molecule has 0 unspecified atom stereocenters. The second-order valence-electron chi connectivity index (χ2n) is 15.5. The number of amides is 1. The third kappa shape index (κ3) is 9.65. The van der Waals surface area contributed by atoms with E-state index in [4.69, 9.17) is 14.2 Å². The molecule has 0 atom stereocenters. The largest absolute Gasteiger partial charge is 0.478 e. The molecule has 13 nitrogen and oxygen atoms in total. The molecule has 2 aliphatic carbocycles. The number of carbonyl (C=O) groups excluding carboxylic acids is 1. The fraction of sp³-hybridized carbons (Fsp3) is 0.348. The van der Waals surface area contributed by atoms with E-state index >= 15 is 0 Å². The van der Waals surface area contributed by atoms with Gasteiger partial charge in [-0.2, -0.15) is 9.97 Å². The standard InChI is InChI=1S/C23H24N4O2.C13H18N2.C10H8N2O3/c1-16-24-22(25-29-16)19-7-4-8-20(13-19)23(28)27-11-9-26(10-12-27)21-14-17-5-2-3-6-18(17)15-21;1-2-4-12-10-13(9-11(12)3-1)15-7-5-14-6-8-15;1-6-11-9(12-15-6)7-3-2-4-8(5-7)10(13)14/h2-8,13,21H,9-12,14-15H2,1H3;1-4,13-14H,5-10H2;2-5H,1H3,(H,13,14). The summed E-state index contributed by atoms with van der Waals surface area (Å²) in [5.41, 5.74) is 8.40. The number of carbonyl (C=O) groups is 2. The number of benzene rings is 4. The number of piperazine rings is 2. The molecule has 2 fully saturated rings. The minimum absolute atomic E-state index is 0.0708. The van der Waals surface area contributed by atoms with Crippen LogP contribution in [0.5, 0.6) is 0 Å². The topological polar surface area (TPSA) is 154 Å². The fourth-order valence-corrected chi connectivity index (χ4v) is 8.52. The maximum atomic E-state index is 13.0. The van der Waals surface area contributed by atoms with Gasteiger partial charge in [0.25, 0.3) is 5.91 Å². The Bertz CT molecular complexity index is 2330. The molecule has 0 radical (unpaired) electrons. The lowest BCUT2D eigenvalue weighted by molar-refractivity contribution is 0.0575. The SMILES string of the molecule is Cc1nc(-c2cccc(C(=O)N3CCN(C4Cc5ccccc5C4)CC3)c2)no1.Cc1nc(-c2cccc(C(=O)O)c2)no1.c1ccc2c(c1)CC(N1CCNCC1)C2. The van der Waals surface area contributed by atoms with E-state index in [2.05, 4.69) is 83.9 Å². The Balaban J connectivity index is 0.000000136. The fourth-order valence-electron chi connectivity index (χ4n) is 8.52. The maximum absolute atomic E-state index is 13.0. The van der Waals surface area contributed by atoms with Crippen molar-refractivity contribution in [2.75, 3.05) is 52.4 Å². The molecular formula is C46H50N8O5. The minimum Gasteiger partial charge on any atom is -0.478 e. The van der Waals surface area contributed by atoms with Crippen molar-refractivity contribution in [1.29, 1.82) is 0 Å². The highest BCUT2D eigenvalue weighted by Gasteiger charge is 2.31. The number of aromatic nitrogens is 4. The molecule has 0 saturated carbocycles. The number of aryl methyl sites for hydroxylation is 2. The quantitative estimate of drug-likeness (QED) is 0.210. The molecule has 0 spiro atoms. The van der Waals surface area contributed by atoms with Crippen LogP contribution in [0.25, 0.3) is 22.8 Å². The Morgan fingerprint density at radius 1 is 0.593 bits per heavy atom. The first-order valence-corrected chi connectivity index (χ1v) is 20.4. The molecular weight excluding hydrogens is 745 g/mol. The number of aromatic carboxylic acids is 1. The first kappa shape index (κ1) is 39.8. The van der Waals surface area contributed by atoms with Gasteiger partial charge in [-0.15, -0.1) is 0 Å². The van der Waals surface area contributed by atoms with Crippen molar-refractivity contribution < 1.29 is 23.7 Å². The molecule has 13 heteroatoms. The summed E-state index contributed by atoms with van der Waals surface area (Å²) in [6.07, 6.45) is 4.76. The molecule has 59 heavy (non-hydrogen) atoms. The number of nitrogens with zero attached hydrogens (tertiary/aromatic N) is 7. The molecule has 304 valence electrons. The van der Waals surface area contributed by atoms with E-state index in [9.17, 15) is 9.59 Å². The van der Waals surface area contributed by atoms with Crippen LogP contribution in [-0.2, 0) is 25.7 Å². The van der Waals surface area contributed by atoms with Gasteiger partial charge in [-0.05, 0) is 72.2 Å². The van der Waals surface area contributed by atoms with Gasteiger partial charge in [0.05, 0.1) is 5.56 Å². The number of nitrogens with one attached hydrogen (secondary N) is 1. The summed E-state index contributed by atoms with van der Waals surface area (Å²) >= 11 is 0. The van der Waals surface area contributed by atoms with Crippen molar-refractivity contribution in [3.05, 3.63) is 142 Å². The van der Waals surface area contributed by atoms with Crippen LogP contribution in [0, 0.1) is 13.8 Å². The highest BCUT2D eigenvalue weighted by molar-refractivity contribution is 5.95. The molecule has 2 N–H and O–H groups in total. The van der Waals surface area contributed by atoms with Crippen LogP contribution < -0.4 is 5.32 Å². The van der Waals surface area contributed by atoms with E-state index in [0.29, 0.717) is 40.6 Å². The maximum Gasteiger partial charge on any atom is 0.335 e. The summed E-state index contributed by atoms with van der Waals surface area (Å²) in [5.74, 6) is 0.976. The molecule has 2 aliphatic heterocycles. The normalized spacial score (nSPS) is 17.0. The second-order valence-corrected chi connectivity index (χ2v) is 15.5. The van der Waals surface area contributed by atoms with Crippen molar-refractivity contribution in [2.24, 2.45) is 0 Å². The smallest absolute Gasteiger partial charge is 0.335 e. The van der Waals surface area contributed by atoms with E-state index in [1.54, 1.807) is 37.1 Å². The average Bonchev–Trinajstić information content (AvgIpc) is 4.11. The van der Waals surface area contributed by atoms with Crippen molar-refractivity contribution in [3.63, 3.8) is 0 Å². The predicted octanol–water partition coefficient (Wildman–Crippen LogP) is 5.77. The Morgan fingerprint density at radius 2 is 1.03 bits per heavy atom. The van der Waals surface area contributed by atoms with Crippen LogP contribution in [0.2, 0.25) is 0 Å². The Kier molecular flexibility index (Phi) is 12.3. The molecule has 4 aromatic carbocycles. The zero-order valence-electron chi connectivity index (χ0n) is 33.6. The number of carboxylic acids is 1. The van der Waals surface area contributed by atoms with E-state index in [-0.39, 0.29) is 11.5 Å². The van der Waals surface area contributed by atoms with Crippen molar-refractivity contribution >= 4 is 11.9 Å². The third-order valence-electron chi connectivity index (χ3n) is 11.6. The third-order valence-corrected chi connectivity index (χ3v) is 11.6. The highest BCUT2D eigenvalue weighted by atomic mass is 16.5. The summed E-state index contributed by atoms with van der Waals surface area (Å²) in [7, 11) is 0. The van der Waals surface area contributed by atoms with Gasteiger partial charge in [0, 0.05) is 95.0 Å². The van der Waals surface area contributed by atoms with Crippen LogP contribution >= 0.6 is 0 Å². The number of carboxylic acid groups (broad SMARTS) is 1. The monoisotopic (exact) mass is 794 g/mol. The van der Waals surface area contributed by atoms with Crippen molar-refractivity contribution in [1.82, 2.24) is 40.3 Å². The van der Waals surface area contributed by atoms with Gasteiger partial charge >= 0.3 is 5.97 Å². The lowest BCUT2D eigenvalue weighted by Gasteiger charge is -2.38. The predicted molar refractivity (Wildman–Crippen MR) is 223 cm³/mol. The van der Waals surface area contributed by atoms with Crippen molar-refractivity contribution in [2.45, 2.75) is 51.6 Å². The van der Waals surface area contributed by atoms with E-state index in [0.717, 1.165) is 63.7 Å². The van der Waals surface area contributed by atoms with E-state index in [1.165, 1.54) is 49.2 Å². The summed E-state index contributed by atoms with van der Waals surface area (Å²) < 4.78 is 9.87. The Morgan fingerprint density at radius 3 is 1.47 bits per heavy atom. The number of fused-ring (bicyclic) bond motifs is 2. The molecule has 2 saturated heterocycles. The number of hydrogen-bond acceptors (Lipinski definition) is 11. The van der Waals surface area contributed by atoms with Crippen LogP contribution in [0.15, 0.2) is 106 Å². The molecule has 4 heterocycles. The lowest BCUT2D eigenvalue weighted by Crippen LogP contribution is -2.52. The first-order valence-electron chi connectivity index (χ1n) is 20.4. The summed E-state index contributed by atoms with van der Waals surface area (Å²) in [5, 5.41) is 19.9. The second kappa shape index (κ2) is 18.3. The number of hydrogen-bond donors (Lipinski definition) is 2.